The molecule has 0 unspecified atom stereocenters. The number of ketones is 1. The highest BCUT2D eigenvalue weighted by molar-refractivity contribution is 9.09. The monoisotopic (exact) mass is 318 g/mol. The molecule has 0 aliphatic heterocycles. The van der Waals surface area contributed by atoms with Crippen molar-refractivity contribution in [3.05, 3.63) is 34.3 Å². The van der Waals surface area contributed by atoms with Crippen LogP contribution < -0.4 is 0 Å². The maximum Gasteiger partial charge on any atom is 0.338 e. The molecule has 0 amide bonds. The van der Waals surface area contributed by atoms with E-state index >= 15 is 0 Å². The summed E-state index contributed by atoms with van der Waals surface area (Å²) in [5.41, 5.74) is 0.784. The first kappa shape index (κ1) is 14.2. The van der Waals surface area contributed by atoms with Crippen molar-refractivity contribution in [1.82, 2.24) is 0 Å². The molecular formula is C12H12BrClO3. The maximum absolute atomic E-state index is 11.6. The van der Waals surface area contributed by atoms with E-state index in [4.69, 9.17) is 16.3 Å². The van der Waals surface area contributed by atoms with Gasteiger partial charge in [0.1, 0.15) is 0 Å². The number of esters is 1. The first-order chi connectivity index (χ1) is 8.10. The number of benzene rings is 1. The van der Waals surface area contributed by atoms with Crippen molar-refractivity contribution in [3.63, 3.8) is 0 Å². The number of carbonyl (C=O) groups excluding carboxylic acids is 2. The summed E-state index contributed by atoms with van der Waals surface area (Å²) < 4.78 is 4.84. The van der Waals surface area contributed by atoms with Gasteiger partial charge >= 0.3 is 5.97 Å². The van der Waals surface area contributed by atoms with Crippen molar-refractivity contribution in [2.24, 2.45) is 0 Å². The molecule has 0 aromatic heterocycles. The summed E-state index contributed by atoms with van der Waals surface area (Å²) in [5, 5.41) is 0.864. The zero-order chi connectivity index (χ0) is 12.8. The van der Waals surface area contributed by atoms with Crippen LogP contribution in [0.25, 0.3) is 0 Å². The van der Waals surface area contributed by atoms with E-state index in [0.29, 0.717) is 29.5 Å². The van der Waals surface area contributed by atoms with Gasteiger partial charge in [-0.15, -0.1) is 0 Å². The van der Waals surface area contributed by atoms with Gasteiger partial charge in [-0.05, 0) is 25.1 Å². The predicted molar refractivity (Wildman–Crippen MR) is 70.2 cm³/mol. The lowest BCUT2D eigenvalue weighted by molar-refractivity contribution is 0.0526. The summed E-state index contributed by atoms with van der Waals surface area (Å²) in [4.78, 5) is 23.1. The molecule has 1 aromatic rings. The van der Waals surface area contributed by atoms with Crippen LogP contribution in [0, 0.1) is 0 Å². The molecule has 0 N–H and O–H groups in total. The van der Waals surface area contributed by atoms with Gasteiger partial charge in [-0.3, -0.25) is 4.79 Å². The van der Waals surface area contributed by atoms with Gasteiger partial charge in [0, 0.05) is 17.3 Å². The zero-order valence-corrected chi connectivity index (χ0v) is 11.7. The molecule has 17 heavy (non-hydrogen) atoms. The topological polar surface area (TPSA) is 43.4 Å². The van der Waals surface area contributed by atoms with Crippen LogP contribution in [0.3, 0.4) is 0 Å². The fourth-order valence-electron chi connectivity index (χ4n) is 1.30. The third kappa shape index (κ3) is 3.82. The second kappa shape index (κ2) is 6.77. The molecule has 5 heteroatoms. The van der Waals surface area contributed by atoms with Crippen LogP contribution in [-0.4, -0.2) is 23.7 Å². The number of hydrogen-bond donors (Lipinski definition) is 0. The molecule has 1 rings (SSSR count). The average Bonchev–Trinajstić information content (AvgIpc) is 2.29. The Bertz CT molecular complexity index is 432. The molecule has 0 spiro atoms. The lowest BCUT2D eigenvalue weighted by Crippen LogP contribution is -2.06. The molecule has 0 radical (unpaired) electrons. The van der Waals surface area contributed by atoms with Crippen LogP contribution in [0.15, 0.2) is 18.2 Å². The second-order valence-corrected chi connectivity index (χ2v) is 4.48. The van der Waals surface area contributed by atoms with Crippen molar-refractivity contribution < 1.29 is 14.3 Å². The second-order valence-electron chi connectivity index (χ2n) is 3.28. The van der Waals surface area contributed by atoms with Crippen LogP contribution in [0.4, 0.5) is 0 Å². The van der Waals surface area contributed by atoms with Gasteiger partial charge in [0.25, 0.3) is 0 Å². The van der Waals surface area contributed by atoms with E-state index in [1.165, 1.54) is 6.07 Å². The highest BCUT2D eigenvalue weighted by atomic mass is 79.9. The van der Waals surface area contributed by atoms with Crippen molar-refractivity contribution in [1.29, 1.82) is 0 Å². The Kier molecular flexibility index (Phi) is 5.65. The lowest BCUT2D eigenvalue weighted by atomic mass is 10.1. The Morgan fingerprint density at radius 2 is 2.12 bits per heavy atom. The van der Waals surface area contributed by atoms with Gasteiger partial charge in [-0.25, -0.2) is 4.79 Å². The number of carbonyl (C=O) groups is 2. The zero-order valence-electron chi connectivity index (χ0n) is 9.33. The van der Waals surface area contributed by atoms with Crippen LogP contribution in [0.1, 0.15) is 34.1 Å². The van der Waals surface area contributed by atoms with Gasteiger partial charge in [0.15, 0.2) is 5.78 Å². The predicted octanol–water partition coefficient (Wildman–Crippen LogP) is 3.48. The normalized spacial score (nSPS) is 10.1. The fourth-order valence-corrected chi connectivity index (χ4v) is 1.95. The van der Waals surface area contributed by atoms with Crippen molar-refractivity contribution in [2.75, 3.05) is 11.9 Å². The molecule has 0 saturated carbocycles. The fraction of sp³-hybridized carbons (Fsp3) is 0.333. The number of ether oxygens (including phenoxy) is 1. The molecule has 0 atom stereocenters. The summed E-state index contributed by atoms with van der Waals surface area (Å²) in [7, 11) is 0. The molecule has 92 valence electrons. The van der Waals surface area contributed by atoms with E-state index in [-0.39, 0.29) is 10.8 Å². The summed E-state index contributed by atoms with van der Waals surface area (Å²) in [5.74, 6) is -0.490. The van der Waals surface area contributed by atoms with E-state index in [0.717, 1.165) is 0 Å². The molecule has 0 saturated heterocycles. The van der Waals surface area contributed by atoms with Crippen molar-refractivity contribution in [3.8, 4) is 0 Å². The van der Waals surface area contributed by atoms with Crippen molar-refractivity contribution in [2.45, 2.75) is 13.3 Å². The van der Waals surface area contributed by atoms with E-state index < -0.39 is 5.97 Å². The summed E-state index contributed by atoms with van der Waals surface area (Å²) in [6.07, 6.45) is 0.373. The number of alkyl halides is 1. The summed E-state index contributed by atoms with van der Waals surface area (Å²) >= 11 is 9.15. The van der Waals surface area contributed by atoms with Crippen LogP contribution in [0.2, 0.25) is 5.02 Å². The number of rotatable bonds is 5. The van der Waals surface area contributed by atoms with Gasteiger partial charge < -0.3 is 4.74 Å². The van der Waals surface area contributed by atoms with Gasteiger partial charge in [0.2, 0.25) is 0 Å². The number of halogens is 2. The third-order valence-electron chi connectivity index (χ3n) is 2.10. The maximum atomic E-state index is 11.6. The highest BCUT2D eigenvalue weighted by Crippen LogP contribution is 2.20. The SMILES string of the molecule is CCOC(=O)c1ccc(C(=O)CCBr)c(Cl)c1. The Balaban J connectivity index is 2.93. The average molecular weight is 320 g/mol. The van der Waals surface area contributed by atoms with Crippen LogP contribution in [0.5, 0.6) is 0 Å². The molecule has 0 bridgehead atoms. The minimum absolute atomic E-state index is 0.0534. The van der Waals surface area contributed by atoms with Gasteiger partial charge in [-0.2, -0.15) is 0 Å². The Morgan fingerprint density at radius 1 is 1.41 bits per heavy atom. The van der Waals surface area contributed by atoms with Gasteiger partial charge in [-0.1, -0.05) is 27.5 Å². The minimum Gasteiger partial charge on any atom is -0.462 e. The van der Waals surface area contributed by atoms with E-state index in [1.54, 1.807) is 19.1 Å². The standard InChI is InChI=1S/C12H12BrClO3/c1-2-17-12(16)8-3-4-9(10(14)7-8)11(15)5-6-13/h3-4,7H,2,5-6H2,1H3. The molecule has 1 aromatic carbocycles. The first-order valence-electron chi connectivity index (χ1n) is 5.16. The quantitative estimate of drug-likeness (QED) is 0.474. The van der Waals surface area contributed by atoms with Crippen molar-refractivity contribution >= 4 is 39.3 Å². The van der Waals surface area contributed by atoms with E-state index in [1.807, 2.05) is 0 Å². The first-order valence-corrected chi connectivity index (χ1v) is 6.66. The van der Waals surface area contributed by atoms with Gasteiger partial charge in [0.05, 0.1) is 17.2 Å². The number of Topliss-reactive ketones (excluding diaryl/α,β-unsaturated/α-hetero) is 1. The Morgan fingerprint density at radius 3 is 2.65 bits per heavy atom. The van der Waals surface area contributed by atoms with Crippen LogP contribution >= 0.6 is 27.5 Å². The molecule has 3 nitrogen and oxygen atoms in total. The highest BCUT2D eigenvalue weighted by Gasteiger charge is 2.13. The Labute approximate surface area is 113 Å². The summed E-state index contributed by atoms with van der Waals surface area (Å²) in [6.45, 7) is 2.04. The summed E-state index contributed by atoms with van der Waals surface area (Å²) in [6, 6.07) is 4.56. The Hall–Kier alpha value is -0.870. The largest absolute Gasteiger partial charge is 0.462 e. The lowest BCUT2D eigenvalue weighted by Gasteiger charge is -2.05. The molecular weight excluding hydrogens is 307 g/mol. The molecule has 0 fully saturated rings. The smallest absolute Gasteiger partial charge is 0.338 e. The van der Waals surface area contributed by atoms with E-state index in [2.05, 4.69) is 15.9 Å². The van der Waals surface area contributed by atoms with Crippen LogP contribution in [-0.2, 0) is 4.74 Å². The molecule has 0 heterocycles. The number of hydrogen-bond acceptors (Lipinski definition) is 3. The van der Waals surface area contributed by atoms with E-state index in [9.17, 15) is 9.59 Å². The third-order valence-corrected chi connectivity index (χ3v) is 2.81. The molecule has 0 aliphatic rings. The molecule has 0 aliphatic carbocycles. The minimum atomic E-state index is -0.436.